The van der Waals surface area contributed by atoms with E-state index in [-0.39, 0.29) is 17.2 Å². The fourth-order valence-corrected chi connectivity index (χ4v) is 2.12. The van der Waals surface area contributed by atoms with Crippen molar-refractivity contribution in [3.8, 4) is 5.75 Å². The summed E-state index contributed by atoms with van der Waals surface area (Å²) in [4.78, 5) is 15.9. The van der Waals surface area contributed by atoms with E-state index in [1.807, 2.05) is 24.3 Å². The van der Waals surface area contributed by atoms with Crippen molar-refractivity contribution in [1.29, 1.82) is 0 Å². The molecule has 2 aromatic carbocycles. The third-order valence-corrected chi connectivity index (χ3v) is 3.37. The molecule has 3 rings (SSSR count). The van der Waals surface area contributed by atoms with Gasteiger partial charge in [-0.15, -0.1) is 0 Å². The fourth-order valence-electron chi connectivity index (χ4n) is 2.12. The summed E-state index contributed by atoms with van der Waals surface area (Å²) in [6.45, 7) is 0. The summed E-state index contributed by atoms with van der Waals surface area (Å²) in [6, 6.07) is 13.5. The predicted molar refractivity (Wildman–Crippen MR) is 89.9 cm³/mol. The SMILES string of the molecule is COc1ccc(C=CC2=NC(=Cc3ccccc3F)C(=O)O2)cc1. The molecule has 24 heavy (non-hydrogen) atoms. The van der Waals surface area contributed by atoms with Crippen LogP contribution in [0.3, 0.4) is 0 Å². The second-order valence-electron chi connectivity index (χ2n) is 5.00. The zero-order valence-electron chi connectivity index (χ0n) is 12.9. The zero-order valence-corrected chi connectivity index (χ0v) is 12.9. The van der Waals surface area contributed by atoms with Gasteiger partial charge in [0.15, 0.2) is 5.70 Å². The Kier molecular flexibility index (Phi) is 4.52. The summed E-state index contributed by atoms with van der Waals surface area (Å²) >= 11 is 0. The van der Waals surface area contributed by atoms with Gasteiger partial charge in [-0.25, -0.2) is 14.2 Å². The minimum atomic E-state index is -0.604. The van der Waals surface area contributed by atoms with Crippen LogP contribution in [-0.2, 0) is 9.53 Å². The molecule has 0 aliphatic carbocycles. The van der Waals surface area contributed by atoms with Crippen molar-refractivity contribution in [2.75, 3.05) is 7.11 Å². The topological polar surface area (TPSA) is 47.9 Å². The van der Waals surface area contributed by atoms with E-state index < -0.39 is 11.8 Å². The lowest BCUT2D eigenvalue weighted by Gasteiger charge is -1.98. The first-order valence-corrected chi connectivity index (χ1v) is 7.25. The predicted octanol–water partition coefficient (Wildman–Crippen LogP) is 3.84. The van der Waals surface area contributed by atoms with Crippen molar-refractivity contribution in [2.24, 2.45) is 4.99 Å². The third-order valence-electron chi connectivity index (χ3n) is 3.37. The van der Waals surface area contributed by atoms with Gasteiger partial charge >= 0.3 is 5.97 Å². The minimum Gasteiger partial charge on any atom is -0.497 e. The number of benzene rings is 2. The summed E-state index contributed by atoms with van der Waals surface area (Å²) < 4.78 is 23.8. The highest BCUT2D eigenvalue weighted by Crippen LogP contribution is 2.18. The van der Waals surface area contributed by atoms with E-state index >= 15 is 0 Å². The first-order chi connectivity index (χ1) is 11.7. The van der Waals surface area contributed by atoms with E-state index in [2.05, 4.69) is 4.99 Å². The normalized spacial score (nSPS) is 15.7. The molecule has 1 aliphatic heterocycles. The van der Waals surface area contributed by atoms with Crippen LogP contribution in [0.15, 0.2) is 65.3 Å². The smallest absolute Gasteiger partial charge is 0.363 e. The molecule has 1 aliphatic rings. The van der Waals surface area contributed by atoms with Crippen molar-refractivity contribution in [3.63, 3.8) is 0 Å². The Morgan fingerprint density at radius 1 is 1.08 bits per heavy atom. The monoisotopic (exact) mass is 323 g/mol. The molecule has 0 bridgehead atoms. The Hall–Kier alpha value is -3.21. The molecular formula is C19H14FNO3. The molecule has 0 spiro atoms. The van der Waals surface area contributed by atoms with Crippen molar-refractivity contribution >= 4 is 24.0 Å². The number of ether oxygens (including phenoxy) is 2. The molecule has 0 unspecified atom stereocenters. The number of hydrogen-bond acceptors (Lipinski definition) is 4. The number of cyclic esters (lactones) is 1. The maximum Gasteiger partial charge on any atom is 0.363 e. The summed E-state index contributed by atoms with van der Waals surface area (Å²) in [7, 11) is 1.60. The first kappa shape index (κ1) is 15.7. The van der Waals surface area contributed by atoms with Gasteiger partial charge in [0, 0.05) is 11.6 Å². The van der Waals surface area contributed by atoms with Gasteiger partial charge in [-0.05, 0) is 35.9 Å². The van der Waals surface area contributed by atoms with Crippen LogP contribution in [0.4, 0.5) is 4.39 Å². The average Bonchev–Trinajstić information content (AvgIpc) is 2.95. The van der Waals surface area contributed by atoms with Crippen LogP contribution >= 0.6 is 0 Å². The molecule has 2 aromatic rings. The second-order valence-corrected chi connectivity index (χ2v) is 5.00. The molecule has 0 saturated heterocycles. The lowest BCUT2D eigenvalue weighted by molar-refractivity contribution is -0.129. The number of esters is 1. The molecule has 0 saturated carbocycles. The highest BCUT2D eigenvalue weighted by molar-refractivity contribution is 6.11. The van der Waals surface area contributed by atoms with E-state index in [1.165, 1.54) is 12.1 Å². The quantitative estimate of drug-likeness (QED) is 0.634. The first-order valence-electron chi connectivity index (χ1n) is 7.25. The number of aliphatic imine (C=N–C) groups is 1. The van der Waals surface area contributed by atoms with Gasteiger partial charge in [-0.2, -0.15) is 0 Å². The maximum atomic E-state index is 13.6. The van der Waals surface area contributed by atoms with Crippen molar-refractivity contribution in [2.45, 2.75) is 0 Å². The number of carbonyl (C=O) groups excluding carboxylic acids is 1. The Labute approximate surface area is 138 Å². The molecule has 0 N–H and O–H groups in total. The van der Waals surface area contributed by atoms with Crippen LogP contribution in [0.5, 0.6) is 5.75 Å². The molecule has 0 atom stereocenters. The molecule has 0 radical (unpaired) electrons. The van der Waals surface area contributed by atoms with Crippen LogP contribution in [-0.4, -0.2) is 19.0 Å². The zero-order chi connectivity index (χ0) is 16.9. The van der Waals surface area contributed by atoms with Crippen LogP contribution < -0.4 is 4.74 Å². The van der Waals surface area contributed by atoms with Crippen LogP contribution in [0.2, 0.25) is 0 Å². The number of nitrogens with zero attached hydrogens (tertiary/aromatic N) is 1. The molecule has 1 heterocycles. The highest BCUT2D eigenvalue weighted by atomic mass is 19.1. The second kappa shape index (κ2) is 6.91. The molecule has 0 aromatic heterocycles. The average molecular weight is 323 g/mol. The highest BCUT2D eigenvalue weighted by Gasteiger charge is 2.21. The Morgan fingerprint density at radius 3 is 2.54 bits per heavy atom. The largest absolute Gasteiger partial charge is 0.497 e. The number of hydrogen-bond donors (Lipinski definition) is 0. The molecule has 5 heteroatoms. The van der Waals surface area contributed by atoms with Crippen molar-refractivity contribution < 1.29 is 18.7 Å². The van der Waals surface area contributed by atoms with Gasteiger partial charge in [0.1, 0.15) is 11.6 Å². The molecule has 0 amide bonds. The molecule has 120 valence electrons. The lowest BCUT2D eigenvalue weighted by atomic mass is 10.2. The standard InChI is InChI=1S/C19H14FNO3/c1-23-15-9-6-13(7-10-15)8-11-18-21-17(19(22)24-18)12-14-4-2-3-5-16(14)20/h2-12H,1H3. The number of halogens is 1. The molecule has 4 nitrogen and oxygen atoms in total. The van der Waals surface area contributed by atoms with E-state index in [9.17, 15) is 9.18 Å². The maximum absolute atomic E-state index is 13.6. The van der Waals surface area contributed by atoms with Gasteiger partial charge in [0.2, 0.25) is 5.90 Å². The summed E-state index contributed by atoms with van der Waals surface area (Å²) in [5, 5.41) is 0. The van der Waals surface area contributed by atoms with Crippen LogP contribution in [0, 0.1) is 5.82 Å². The van der Waals surface area contributed by atoms with Gasteiger partial charge in [-0.1, -0.05) is 30.3 Å². The van der Waals surface area contributed by atoms with Gasteiger partial charge in [0.05, 0.1) is 7.11 Å². The fraction of sp³-hybridized carbons (Fsp3) is 0.0526. The Balaban J connectivity index is 1.78. The van der Waals surface area contributed by atoms with Crippen molar-refractivity contribution in [3.05, 3.63) is 77.2 Å². The lowest BCUT2D eigenvalue weighted by Crippen LogP contribution is -2.01. The summed E-state index contributed by atoms with van der Waals surface area (Å²) in [5.41, 5.74) is 1.25. The summed E-state index contributed by atoms with van der Waals surface area (Å²) in [5.74, 6) is -0.104. The molecule has 0 fully saturated rings. The van der Waals surface area contributed by atoms with Crippen LogP contribution in [0.25, 0.3) is 12.2 Å². The van der Waals surface area contributed by atoms with E-state index in [4.69, 9.17) is 9.47 Å². The van der Waals surface area contributed by atoms with Crippen LogP contribution in [0.1, 0.15) is 11.1 Å². The van der Waals surface area contributed by atoms with E-state index in [0.717, 1.165) is 11.3 Å². The van der Waals surface area contributed by atoms with E-state index in [0.29, 0.717) is 0 Å². The molecular weight excluding hydrogens is 309 g/mol. The number of carbonyl (C=O) groups is 1. The Bertz CT molecular complexity index is 851. The van der Waals surface area contributed by atoms with Gasteiger partial charge in [0.25, 0.3) is 0 Å². The van der Waals surface area contributed by atoms with Gasteiger partial charge in [-0.3, -0.25) is 0 Å². The van der Waals surface area contributed by atoms with E-state index in [1.54, 1.807) is 37.5 Å². The number of rotatable bonds is 4. The van der Waals surface area contributed by atoms with Gasteiger partial charge < -0.3 is 9.47 Å². The number of methoxy groups -OCH3 is 1. The van der Waals surface area contributed by atoms with Crippen molar-refractivity contribution in [1.82, 2.24) is 0 Å². The third kappa shape index (κ3) is 3.57. The Morgan fingerprint density at radius 2 is 1.83 bits per heavy atom. The minimum absolute atomic E-state index is 0.0643. The summed E-state index contributed by atoms with van der Waals surface area (Å²) in [6.07, 6.45) is 4.71.